The van der Waals surface area contributed by atoms with Crippen LogP contribution in [0, 0.1) is 13.8 Å². The molecule has 0 aliphatic carbocycles. The number of oxazole rings is 1. The average Bonchev–Trinajstić information content (AvgIpc) is 3.37. The fourth-order valence-electron chi connectivity index (χ4n) is 4.18. The van der Waals surface area contributed by atoms with Gasteiger partial charge < -0.3 is 18.8 Å². The summed E-state index contributed by atoms with van der Waals surface area (Å²) < 4.78 is 7.61. The molecule has 2 aromatic carbocycles. The van der Waals surface area contributed by atoms with E-state index in [2.05, 4.69) is 39.1 Å². The lowest BCUT2D eigenvalue weighted by molar-refractivity contribution is -0.132. The minimum atomic E-state index is 0.141. The molecule has 7 heteroatoms. The zero-order valence-electron chi connectivity index (χ0n) is 17.8. The maximum atomic E-state index is 13.0. The van der Waals surface area contributed by atoms with Gasteiger partial charge in [0.15, 0.2) is 11.7 Å². The molecule has 0 radical (unpaired) electrons. The summed E-state index contributed by atoms with van der Waals surface area (Å²) in [4.78, 5) is 25.9. The monoisotopic (exact) mass is 415 g/mol. The third-order valence-electron chi connectivity index (χ3n) is 5.91. The topological polar surface area (TPSA) is 67.4 Å². The number of rotatable bonds is 4. The van der Waals surface area contributed by atoms with Crippen LogP contribution < -0.4 is 4.90 Å². The molecule has 158 valence electrons. The molecule has 0 bridgehead atoms. The molecule has 5 rings (SSSR count). The van der Waals surface area contributed by atoms with E-state index in [1.807, 2.05) is 47.6 Å². The van der Waals surface area contributed by atoms with E-state index in [1.165, 1.54) is 0 Å². The van der Waals surface area contributed by atoms with E-state index in [0.717, 1.165) is 47.0 Å². The Morgan fingerprint density at radius 2 is 1.74 bits per heavy atom. The molecule has 0 saturated carbocycles. The number of carbonyl (C=O) groups excluding carboxylic acids is 1. The van der Waals surface area contributed by atoms with Gasteiger partial charge in [0.05, 0.1) is 17.2 Å². The summed E-state index contributed by atoms with van der Waals surface area (Å²) in [5, 5.41) is 0. The van der Waals surface area contributed by atoms with Crippen molar-refractivity contribution in [2.45, 2.75) is 20.4 Å². The molecule has 0 N–H and O–H groups in total. The smallest absolute Gasteiger partial charge is 0.242 e. The lowest BCUT2D eigenvalue weighted by Crippen LogP contribution is -2.49. The predicted octanol–water partition coefficient (Wildman–Crippen LogP) is 3.66. The molecule has 1 amide bonds. The van der Waals surface area contributed by atoms with Crippen molar-refractivity contribution >= 4 is 22.6 Å². The summed E-state index contributed by atoms with van der Waals surface area (Å²) in [6.07, 6.45) is 1.75. The third-order valence-corrected chi connectivity index (χ3v) is 5.91. The van der Waals surface area contributed by atoms with Gasteiger partial charge in [0.2, 0.25) is 5.91 Å². The number of aryl methyl sites for hydroxylation is 2. The van der Waals surface area contributed by atoms with Crippen molar-refractivity contribution < 1.29 is 9.21 Å². The van der Waals surface area contributed by atoms with Gasteiger partial charge in [0, 0.05) is 44.4 Å². The van der Waals surface area contributed by atoms with Gasteiger partial charge in [0.1, 0.15) is 12.4 Å². The van der Waals surface area contributed by atoms with Gasteiger partial charge in [-0.05, 0) is 43.3 Å². The molecular weight excluding hydrogens is 390 g/mol. The number of benzene rings is 2. The van der Waals surface area contributed by atoms with E-state index in [1.54, 1.807) is 6.20 Å². The van der Waals surface area contributed by atoms with Crippen molar-refractivity contribution in [1.29, 1.82) is 0 Å². The van der Waals surface area contributed by atoms with E-state index >= 15 is 0 Å². The van der Waals surface area contributed by atoms with Crippen molar-refractivity contribution in [3.8, 4) is 11.3 Å². The van der Waals surface area contributed by atoms with Crippen LogP contribution in [0.15, 0.2) is 59.1 Å². The Bertz CT molecular complexity index is 1220. The van der Waals surface area contributed by atoms with Gasteiger partial charge >= 0.3 is 0 Å². The van der Waals surface area contributed by atoms with Crippen molar-refractivity contribution in [1.82, 2.24) is 19.4 Å². The summed E-state index contributed by atoms with van der Waals surface area (Å²) in [5.74, 6) is 2.46. The standard InChI is InChI=1S/C24H25N5O2/c1-17-26-21-5-3-4-6-22(21)29(17)16-24(30)28-13-11-27(12-14-28)20-9-7-19(8-10-20)23-15-25-18(2)31-23/h3-10,15H,11-14,16H2,1-2H3. The highest BCUT2D eigenvalue weighted by atomic mass is 16.4. The first-order valence-electron chi connectivity index (χ1n) is 10.6. The van der Waals surface area contributed by atoms with Crippen molar-refractivity contribution in [3.63, 3.8) is 0 Å². The Labute approximate surface area is 180 Å². The van der Waals surface area contributed by atoms with Crippen LogP contribution >= 0.6 is 0 Å². The summed E-state index contributed by atoms with van der Waals surface area (Å²) >= 11 is 0. The second-order valence-corrected chi connectivity index (χ2v) is 7.89. The maximum Gasteiger partial charge on any atom is 0.242 e. The highest BCUT2D eigenvalue weighted by molar-refractivity contribution is 5.81. The molecule has 0 unspecified atom stereocenters. The quantitative estimate of drug-likeness (QED) is 0.509. The molecule has 1 fully saturated rings. The van der Waals surface area contributed by atoms with Crippen LogP contribution in [0.2, 0.25) is 0 Å². The molecule has 1 aliphatic heterocycles. The van der Waals surface area contributed by atoms with Gasteiger partial charge in [0.25, 0.3) is 0 Å². The second kappa shape index (κ2) is 7.91. The van der Waals surface area contributed by atoms with Crippen LogP contribution in [0.3, 0.4) is 0 Å². The van der Waals surface area contributed by atoms with Crippen molar-refractivity contribution in [2.75, 3.05) is 31.1 Å². The fraction of sp³-hybridized carbons (Fsp3) is 0.292. The van der Waals surface area contributed by atoms with Crippen LogP contribution in [0.1, 0.15) is 11.7 Å². The van der Waals surface area contributed by atoms with Crippen LogP contribution in [0.4, 0.5) is 5.69 Å². The van der Waals surface area contributed by atoms with Gasteiger partial charge in [-0.1, -0.05) is 12.1 Å². The number of hydrogen-bond acceptors (Lipinski definition) is 5. The SMILES string of the molecule is Cc1ncc(-c2ccc(N3CCN(C(=O)Cn4c(C)nc5ccccc54)CC3)cc2)o1. The first kappa shape index (κ1) is 19.4. The van der Waals surface area contributed by atoms with Gasteiger partial charge in [-0.25, -0.2) is 9.97 Å². The number of para-hydroxylation sites is 2. The molecule has 0 spiro atoms. The Kier molecular flexibility index (Phi) is 4.94. The maximum absolute atomic E-state index is 13.0. The van der Waals surface area contributed by atoms with Gasteiger partial charge in [-0.2, -0.15) is 0 Å². The molecule has 0 atom stereocenters. The molecule has 31 heavy (non-hydrogen) atoms. The minimum absolute atomic E-state index is 0.141. The number of fused-ring (bicyclic) bond motifs is 1. The van der Waals surface area contributed by atoms with E-state index in [-0.39, 0.29) is 5.91 Å². The Morgan fingerprint density at radius 3 is 2.45 bits per heavy atom. The normalized spacial score (nSPS) is 14.4. The van der Waals surface area contributed by atoms with E-state index < -0.39 is 0 Å². The first-order valence-corrected chi connectivity index (χ1v) is 10.6. The number of amides is 1. The molecular formula is C24H25N5O2. The number of imidazole rings is 1. The highest BCUT2D eigenvalue weighted by Gasteiger charge is 2.22. The molecule has 2 aromatic heterocycles. The fourth-order valence-corrected chi connectivity index (χ4v) is 4.18. The number of hydrogen-bond donors (Lipinski definition) is 0. The Hall–Kier alpha value is -3.61. The summed E-state index contributed by atoms with van der Waals surface area (Å²) in [7, 11) is 0. The van der Waals surface area contributed by atoms with Crippen LogP contribution in [0.5, 0.6) is 0 Å². The molecule has 3 heterocycles. The largest absolute Gasteiger partial charge is 0.441 e. The van der Waals surface area contributed by atoms with Crippen LogP contribution in [0.25, 0.3) is 22.4 Å². The molecule has 7 nitrogen and oxygen atoms in total. The number of aromatic nitrogens is 3. The zero-order valence-corrected chi connectivity index (χ0v) is 17.8. The second-order valence-electron chi connectivity index (χ2n) is 7.89. The van der Waals surface area contributed by atoms with E-state index in [0.29, 0.717) is 25.5 Å². The van der Waals surface area contributed by atoms with Crippen molar-refractivity contribution in [2.24, 2.45) is 0 Å². The average molecular weight is 415 g/mol. The lowest BCUT2D eigenvalue weighted by Gasteiger charge is -2.36. The molecule has 4 aromatic rings. The number of anilines is 1. The zero-order chi connectivity index (χ0) is 21.4. The molecule has 1 aliphatic rings. The first-order chi connectivity index (χ1) is 15.1. The van der Waals surface area contributed by atoms with E-state index in [9.17, 15) is 4.79 Å². The number of carbonyl (C=O) groups is 1. The summed E-state index contributed by atoms with van der Waals surface area (Å²) in [5.41, 5.74) is 4.11. The van der Waals surface area contributed by atoms with Crippen molar-refractivity contribution in [3.05, 3.63) is 66.4 Å². The third kappa shape index (κ3) is 3.79. The lowest BCUT2D eigenvalue weighted by atomic mass is 10.1. The van der Waals surface area contributed by atoms with Gasteiger partial charge in [-0.3, -0.25) is 4.79 Å². The molecule has 1 saturated heterocycles. The Morgan fingerprint density at radius 1 is 1.00 bits per heavy atom. The predicted molar refractivity (Wildman–Crippen MR) is 120 cm³/mol. The van der Waals surface area contributed by atoms with Gasteiger partial charge in [-0.15, -0.1) is 0 Å². The number of nitrogens with zero attached hydrogens (tertiary/aromatic N) is 5. The van der Waals surface area contributed by atoms with Crippen LogP contribution in [-0.4, -0.2) is 51.5 Å². The summed E-state index contributed by atoms with van der Waals surface area (Å²) in [6, 6.07) is 16.3. The Balaban J connectivity index is 1.22. The number of piperazine rings is 1. The summed E-state index contributed by atoms with van der Waals surface area (Å²) in [6.45, 7) is 7.19. The highest BCUT2D eigenvalue weighted by Crippen LogP contribution is 2.24. The van der Waals surface area contributed by atoms with E-state index in [4.69, 9.17) is 4.42 Å². The van der Waals surface area contributed by atoms with Crippen LogP contribution in [-0.2, 0) is 11.3 Å². The minimum Gasteiger partial charge on any atom is -0.441 e.